The first-order valence-electron chi connectivity index (χ1n) is 8.27. The van der Waals surface area contributed by atoms with Gasteiger partial charge in [-0.15, -0.1) is 25.6 Å². The fourth-order valence-electron chi connectivity index (χ4n) is 2.36. The number of nitrogens with one attached hydrogen (secondary N) is 1. The van der Waals surface area contributed by atoms with Crippen LogP contribution in [0.15, 0.2) is 48.5 Å². The lowest BCUT2D eigenvalue weighted by Gasteiger charge is -2.11. The Morgan fingerprint density at radius 1 is 1.07 bits per heavy atom. The molecule has 2 aromatic carbocycles. The number of halogens is 4. The molecule has 1 unspecified atom stereocenters. The van der Waals surface area contributed by atoms with Crippen LogP contribution >= 0.6 is 12.4 Å². The van der Waals surface area contributed by atoms with Gasteiger partial charge >= 0.3 is 6.36 Å². The van der Waals surface area contributed by atoms with E-state index >= 15 is 0 Å². The average Bonchev–Trinajstić information content (AvgIpc) is 2.61. The molecule has 0 heterocycles. The van der Waals surface area contributed by atoms with Crippen molar-refractivity contribution in [1.82, 2.24) is 5.32 Å². The molecule has 8 heteroatoms. The normalized spacial score (nSPS) is 12.0. The Labute approximate surface area is 162 Å². The van der Waals surface area contributed by atoms with Crippen molar-refractivity contribution in [3.05, 3.63) is 54.1 Å². The molecule has 0 aromatic heterocycles. The first-order chi connectivity index (χ1) is 12.3. The lowest BCUT2D eigenvalue weighted by molar-refractivity contribution is -0.274. The van der Waals surface area contributed by atoms with Gasteiger partial charge in [-0.1, -0.05) is 43.3 Å². The Balaban J connectivity index is 0.00000364. The van der Waals surface area contributed by atoms with Gasteiger partial charge < -0.3 is 15.8 Å². The Morgan fingerprint density at radius 3 is 2.07 bits per heavy atom. The molecule has 148 valence electrons. The smallest absolute Gasteiger partial charge is 0.406 e. The summed E-state index contributed by atoms with van der Waals surface area (Å²) < 4.78 is 40.4. The monoisotopic (exact) mass is 402 g/mol. The Morgan fingerprint density at radius 2 is 1.59 bits per heavy atom. The zero-order valence-corrected chi connectivity index (χ0v) is 15.6. The topological polar surface area (TPSA) is 64.4 Å². The Hall–Kier alpha value is -2.25. The fraction of sp³-hybridized carbons (Fsp3) is 0.316. The van der Waals surface area contributed by atoms with E-state index in [4.69, 9.17) is 5.73 Å². The van der Waals surface area contributed by atoms with E-state index < -0.39 is 12.4 Å². The Kier molecular flexibility index (Phi) is 8.59. The molecule has 0 saturated heterocycles. The highest BCUT2D eigenvalue weighted by Crippen LogP contribution is 2.26. The van der Waals surface area contributed by atoms with Gasteiger partial charge in [0.2, 0.25) is 5.91 Å². The minimum atomic E-state index is -4.69. The van der Waals surface area contributed by atoms with Crippen molar-refractivity contribution < 1.29 is 22.7 Å². The van der Waals surface area contributed by atoms with E-state index in [1.54, 1.807) is 12.1 Å². The highest BCUT2D eigenvalue weighted by atomic mass is 35.5. The van der Waals surface area contributed by atoms with Crippen molar-refractivity contribution in [2.75, 3.05) is 6.54 Å². The molecule has 0 bridgehead atoms. The maximum atomic E-state index is 12.2. The number of carbonyl (C=O) groups excluding carboxylic acids is 1. The summed E-state index contributed by atoms with van der Waals surface area (Å²) in [5.74, 6) is -0.413. The van der Waals surface area contributed by atoms with E-state index in [1.165, 1.54) is 12.1 Å². The molecule has 1 atom stereocenters. The van der Waals surface area contributed by atoms with Gasteiger partial charge in [0.05, 0.1) is 6.04 Å². The van der Waals surface area contributed by atoms with Crippen molar-refractivity contribution in [3.8, 4) is 16.9 Å². The molecule has 2 aromatic rings. The van der Waals surface area contributed by atoms with E-state index in [0.717, 1.165) is 16.7 Å². The zero-order chi connectivity index (χ0) is 19.2. The van der Waals surface area contributed by atoms with Gasteiger partial charge in [0.1, 0.15) is 5.75 Å². The SMILES string of the molecule is CCC(N)C(=O)NCCc1ccc(-c2ccc(OC(F)(F)F)cc2)cc1.Cl. The number of hydrogen-bond donors (Lipinski definition) is 2. The van der Waals surface area contributed by atoms with Crippen LogP contribution in [0.4, 0.5) is 13.2 Å². The summed E-state index contributed by atoms with van der Waals surface area (Å²) in [7, 11) is 0. The van der Waals surface area contributed by atoms with Gasteiger partial charge in [-0.25, -0.2) is 0 Å². The Bertz CT molecular complexity index is 719. The van der Waals surface area contributed by atoms with Gasteiger partial charge in [-0.2, -0.15) is 0 Å². The third kappa shape index (κ3) is 7.48. The van der Waals surface area contributed by atoms with E-state index in [0.29, 0.717) is 19.4 Å². The molecule has 0 aliphatic rings. The summed E-state index contributed by atoms with van der Waals surface area (Å²) in [5.41, 5.74) is 8.34. The maximum absolute atomic E-state index is 12.2. The van der Waals surface area contributed by atoms with E-state index in [-0.39, 0.29) is 24.1 Å². The van der Waals surface area contributed by atoms with Crippen LogP contribution in [0.25, 0.3) is 11.1 Å². The number of ether oxygens (including phenoxy) is 1. The molecule has 3 N–H and O–H groups in total. The standard InChI is InChI=1S/C19H21F3N2O2.ClH/c1-2-17(23)18(25)24-12-11-13-3-5-14(6-4-13)15-7-9-16(10-8-15)26-19(20,21)22;/h3-10,17H,2,11-12,23H2,1H3,(H,24,25);1H. The molecule has 0 saturated carbocycles. The lowest BCUT2D eigenvalue weighted by Crippen LogP contribution is -2.40. The molecular weight excluding hydrogens is 381 g/mol. The fourth-order valence-corrected chi connectivity index (χ4v) is 2.36. The third-order valence-corrected chi connectivity index (χ3v) is 3.86. The molecule has 0 fully saturated rings. The molecule has 4 nitrogen and oxygen atoms in total. The second-order valence-electron chi connectivity index (χ2n) is 5.82. The predicted octanol–water partition coefficient (Wildman–Crippen LogP) is 4.07. The van der Waals surface area contributed by atoms with Crippen LogP contribution in [0.2, 0.25) is 0 Å². The summed E-state index contributed by atoms with van der Waals surface area (Å²) in [6.45, 7) is 2.35. The number of nitrogens with two attached hydrogens (primary N) is 1. The van der Waals surface area contributed by atoms with Crippen molar-refractivity contribution in [3.63, 3.8) is 0 Å². The first-order valence-corrected chi connectivity index (χ1v) is 8.27. The summed E-state index contributed by atoms with van der Waals surface area (Å²) in [5, 5.41) is 2.78. The summed E-state index contributed by atoms with van der Waals surface area (Å²) >= 11 is 0. The molecular formula is C19H22ClF3N2O2. The van der Waals surface area contributed by atoms with Crippen LogP contribution in [0.1, 0.15) is 18.9 Å². The molecule has 0 aliphatic carbocycles. The van der Waals surface area contributed by atoms with Crippen LogP contribution < -0.4 is 15.8 Å². The summed E-state index contributed by atoms with van der Waals surface area (Å²) in [6.07, 6.45) is -3.44. The second kappa shape index (κ2) is 10.2. The number of carbonyl (C=O) groups is 1. The summed E-state index contributed by atoms with van der Waals surface area (Å²) in [4.78, 5) is 11.6. The first kappa shape index (κ1) is 22.8. The number of hydrogen-bond acceptors (Lipinski definition) is 3. The number of alkyl halides is 3. The van der Waals surface area contributed by atoms with Gasteiger partial charge in [-0.05, 0) is 41.7 Å². The van der Waals surface area contributed by atoms with E-state index in [9.17, 15) is 18.0 Å². The van der Waals surface area contributed by atoms with Crippen LogP contribution in [0, 0.1) is 0 Å². The lowest BCUT2D eigenvalue weighted by atomic mass is 10.0. The van der Waals surface area contributed by atoms with Crippen molar-refractivity contribution >= 4 is 18.3 Å². The quantitative estimate of drug-likeness (QED) is 0.733. The maximum Gasteiger partial charge on any atom is 0.573 e. The van der Waals surface area contributed by atoms with Crippen LogP contribution in [0.5, 0.6) is 5.75 Å². The molecule has 27 heavy (non-hydrogen) atoms. The van der Waals surface area contributed by atoms with Gasteiger partial charge in [-0.3, -0.25) is 4.79 Å². The largest absolute Gasteiger partial charge is 0.573 e. The van der Waals surface area contributed by atoms with E-state index in [1.807, 2.05) is 31.2 Å². The molecule has 2 rings (SSSR count). The molecule has 0 aliphatic heterocycles. The van der Waals surface area contributed by atoms with Crippen molar-refractivity contribution in [2.45, 2.75) is 32.2 Å². The molecule has 0 radical (unpaired) electrons. The second-order valence-corrected chi connectivity index (χ2v) is 5.82. The van der Waals surface area contributed by atoms with Gasteiger partial charge in [0.15, 0.2) is 0 Å². The van der Waals surface area contributed by atoms with Crippen LogP contribution in [-0.2, 0) is 11.2 Å². The predicted molar refractivity (Wildman–Crippen MR) is 101 cm³/mol. The molecule has 1 amide bonds. The summed E-state index contributed by atoms with van der Waals surface area (Å²) in [6, 6.07) is 12.8. The number of benzene rings is 2. The van der Waals surface area contributed by atoms with E-state index in [2.05, 4.69) is 10.1 Å². The number of amides is 1. The van der Waals surface area contributed by atoms with Gasteiger partial charge in [0, 0.05) is 6.54 Å². The highest BCUT2D eigenvalue weighted by Gasteiger charge is 2.30. The zero-order valence-electron chi connectivity index (χ0n) is 14.8. The molecule has 0 spiro atoms. The minimum Gasteiger partial charge on any atom is -0.406 e. The van der Waals surface area contributed by atoms with Crippen molar-refractivity contribution in [2.24, 2.45) is 5.73 Å². The van der Waals surface area contributed by atoms with Gasteiger partial charge in [0.25, 0.3) is 0 Å². The minimum absolute atomic E-state index is 0. The van der Waals surface area contributed by atoms with Crippen LogP contribution in [0.3, 0.4) is 0 Å². The highest BCUT2D eigenvalue weighted by molar-refractivity contribution is 5.85. The van der Waals surface area contributed by atoms with Crippen molar-refractivity contribution in [1.29, 1.82) is 0 Å². The van der Waals surface area contributed by atoms with Crippen LogP contribution in [-0.4, -0.2) is 24.9 Å². The number of rotatable bonds is 7. The average molecular weight is 403 g/mol. The third-order valence-electron chi connectivity index (χ3n) is 3.86.